The van der Waals surface area contributed by atoms with Crippen LogP contribution in [0.15, 0.2) is 30.9 Å². The van der Waals surface area contributed by atoms with Gasteiger partial charge in [0.1, 0.15) is 5.69 Å². The Labute approximate surface area is 141 Å². The molecule has 0 atom stereocenters. The quantitative estimate of drug-likeness (QED) is 0.471. The molecule has 3 rings (SSSR count). The molecule has 25 heavy (non-hydrogen) atoms. The van der Waals surface area contributed by atoms with Gasteiger partial charge in [0, 0.05) is 24.0 Å². The molecular formula is C13H15N9O3. The molecule has 0 saturated heterocycles. The fraction of sp³-hybridized carbons (Fsp3) is 0.308. The van der Waals surface area contributed by atoms with Crippen LogP contribution in [0.2, 0.25) is 0 Å². The third-order valence-electron chi connectivity index (χ3n) is 3.30. The second kappa shape index (κ2) is 6.90. The lowest BCUT2D eigenvalue weighted by Gasteiger charge is -2.01. The van der Waals surface area contributed by atoms with Crippen LogP contribution in [0.4, 0.5) is 5.95 Å². The van der Waals surface area contributed by atoms with E-state index in [9.17, 15) is 14.9 Å². The summed E-state index contributed by atoms with van der Waals surface area (Å²) in [7, 11) is 0. The van der Waals surface area contributed by atoms with Crippen LogP contribution >= 0.6 is 0 Å². The van der Waals surface area contributed by atoms with Crippen LogP contribution in [0.5, 0.6) is 0 Å². The van der Waals surface area contributed by atoms with Crippen molar-refractivity contribution in [2.75, 3.05) is 0 Å². The van der Waals surface area contributed by atoms with E-state index < -0.39 is 10.9 Å². The van der Waals surface area contributed by atoms with E-state index in [1.54, 1.807) is 16.9 Å². The monoisotopic (exact) mass is 345 g/mol. The predicted octanol–water partition coefficient (Wildman–Crippen LogP) is 0.0350. The maximum atomic E-state index is 12.1. The number of aryl methyl sites for hydroxylation is 1. The van der Waals surface area contributed by atoms with E-state index in [0.29, 0.717) is 6.54 Å². The molecule has 0 spiro atoms. The number of nitrogens with zero attached hydrogens (tertiary/aromatic N) is 8. The first-order valence-corrected chi connectivity index (χ1v) is 7.43. The van der Waals surface area contributed by atoms with Crippen molar-refractivity contribution in [3.63, 3.8) is 0 Å². The molecule has 0 aliphatic heterocycles. The van der Waals surface area contributed by atoms with Crippen molar-refractivity contribution in [1.82, 2.24) is 39.6 Å². The normalized spacial score (nSPS) is 10.8. The number of nitro groups is 1. The summed E-state index contributed by atoms with van der Waals surface area (Å²) in [6.45, 7) is 3.15. The maximum absolute atomic E-state index is 12.1. The van der Waals surface area contributed by atoms with E-state index in [-0.39, 0.29) is 18.3 Å². The SMILES string of the molecule is CCn1ccc(CNC(=O)c2ccn(Cn3cnc([N+](=O)[O-])n3)n2)n1. The smallest absolute Gasteiger partial charge is 0.390 e. The molecule has 12 heteroatoms. The minimum absolute atomic E-state index is 0.106. The zero-order valence-corrected chi connectivity index (χ0v) is 13.3. The van der Waals surface area contributed by atoms with Crippen molar-refractivity contribution in [2.45, 2.75) is 26.7 Å². The van der Waals surface area contributed by atoms with E-state index in [1.807, 2.05) is 19.2 Å². The molecule has 130 valence electrons. The Morgan fingerprint density at radius 3 is 2.68 bits per heavy atom. The molecule has 0 unspecified atom stereocenters. The number of nitrogens with one attached hydrogen (secondary N) is 1. The number of amides is 1. The third-order valence-corrected chi connectivity index (χ3v) is 3.30. The van der Waals surface area contributed by atoms with E-state index >= 15 is 0 Å². The summed E-state index contributed by atoms with van der Waals surface area (Å²) in [4.78, 5) is 25.5. The van der Waals surface area contributed by atoms with Gasteiger partial charge in [-0.15, -0.1) is 0 Å². The molecule has 12 nitrogen and oxygen atoms in total. The Morgan fingerprint density at radius 1 is 1.20 bits per heavy atom. The van der Waals surface area contributed by atoms with E-state index in [2.05, 4.69) is 25.6 Å². The highest BCUT2D eigenvalue weighted by molar-refractivity contribution is 5.92. The Kier molecular flexibility index (Phi) is 4.50. The molecular weight excluding hydrogens is 330 g/mol. The van der Waals surface area contributed by atoms with Gasteiger partial charge >= 0.3 is 5.95 Å². The van der Waals surface area contributed by atoms with Crippen LogP contribution < -0.4 is 5.32 Å². The lowest BCUT2D eigenvalue weighted by atomic mass is 10.4. The minimum Gasteiger partial charge on any atom is -0.390 e. The standard InChI is InChI=1S/C13H15N9O3/c1-2-19-5-3-10(16-19)7-14-12(23)11-4-6-20(17-11)9-21-8-15-13(18-21)22(24)25/h3-6,8H,2,7,9H2,1H3,(H,14,23). The van der Waals surface area contributed by atoms with Gasteiger partial charge < -0.3 is 15.4 Å². The first-order chi connectivity index (χ1) is 12.0. The highest BCUT2D eigenvalue weighted by atomic mass is 16.6. The maximum Gasteiger partial charge on any atom is 0.491 e. The van der Waals surface area contributed by atoms with Gasteiger partial charge in [-0.25, -0.2) is 4.68 Å². The van der Waals surface area contributed by atoms with Crippen LogP contribution in [-0.4, -0.2) is 45.2 Å². The Morgan fingerprint density at radius 2 is 2.00 bits per heavy atom. The summed E-state index contributed by atoms with van der Waals surface area (Å²) in [5.41, 5.74) is 0.981. The summed E-state index contributed by atoms with van der Waals surface area (Å²) in [5.74, 6) is -0.828. The summed E-state index contributed by atoms with van der Waals surface area (Å²) in [5, 5.41) is 25.4. The van der Waals surface area contributed by atoms with E-state index in [0.717, 1.165) is 12.2 Å². The average molecular weight is 345 g/mol. The number of aromatic nitrogens is 7. The number of rotatable bonds is 7. The highest BCUT2D eigenvalue weighted by Crippen LogP contribution is 2.02. The number of hydrogen-bond acceptors (Lipinski definition) is 7. The molecule has 0 saturated carbocycles. The lowest BCUT2D eigenvalue weighted by Crippen LogP contribution is -2.24. The van der Waals surface area contributed by atoms with E-state index in [4.69, 9.17) is 0 Å². The van der Waals surface area contributed by atoms with Crippen molar-refractivity contribution in [3.8, 4) is 0 Å². The zero-order chi connectivity index (χ0) is 17.8. The van der Waals surface area contributed by atoms with Crippen LogP contribution in [-0.2, 0) is 19.8 Å². The van der Waals surface area contributed by atoms with Crippen LogP contribution in [0, 0.1) is 10.1 Å². The molecule has 0 fully saturated rings. The van der Waals surface area contributed by atoms with Gasteiger partial charge in [0.25, 0.3) is 5.91 Å². The van der Waals surface area contributed by atoms with Crippen molar-refractivity contribution in [2.24, 2.45) is 0 Å². The molecule has 0 aliphatic carbocycles. The van der Waals surface area contributed by atoms with E-state index in [1.165, 1.54) is 15.7 Å². The van der Waals surface area contributed by atoms with Gasteiger partial charge in [-0.05, 0) is 24.0 Å². The summed E-state index contributed by atoms with van der Waals surface area (Å²) in [6, 6.07) is 3.38. The average Bonchev–Trinajstić information content (AvgIpc) is 3.33. The van der Waals surface area contributed by atoms with Gasteiger partial charge in [0.15, 0.2) is 6.67 Å². The van der Waals surface area contributed by atoms with Crippen molar-refractivity contribution in [3.05, 3.63) is 52.4 Å². The van der Waals surface area contributed by atoms with Crippen molar-refractivity contribution in [1.29, 1.82) is 0 Å². The molecule has 0 bridgehead atoms. The fourth-order valence-electron chi connectivity index (χ4n) is 2.08. The van der Waals surface area contributed by atoms with Gasteiger partial charge in [-0.3, -0.25) is 9.48 Å². The summed E-state index contributed by atoms with van der Waals surface area (Å²) >= 11 is 0. The van der Waals surface area contributed by atoms with Crippen LogP contribution in [0.25, 0.3) is 0 Å². The van der Waals surface area contributed by atoms with Crippen molar-refractivity contribution >= 4 is 11.9 Å². The zero-order valence-electron chi connectivity index (χ0n) is 13.3. The molecule has 0 aliphatic rings. The van der Waals surface area contributed by atoms with Gasteiger partial charge in [0.2, 0.25) is 6.33 Å². The topological polar surface area (TPSA) is 139 Å². The van der Waals surface area contributed by atoms with Crippen molar-refractivity contribution < 1.29 is 9.72 Å². The Bertz CT molecular complexity index is 894. The first kappa shape index (κ1) is 16.3. The Hall–Kier alpha value is -3.57. The van der Waals surface area contributed by atoms with Gasteiger partial charge in [0.05, 0.1) is 12.2 Å². The van der Waals surface area contributed by atoms with Gasteiger partial charge in [-0.2, -0.15) is 14.9 Å². The van der Waals surface area contributed by atoms with Crippen LogP contribution in [0.3, 0.4) is 0 Å². The minimum atomic E-state index is -0.682. The largest absolute Gasteiger partial charge is 0.491 e. The number of carbonyl (C=O) groups is 1. The molecule has 3 heterocycles. The van der Waals surface area contributed by atoms with Gasteiger partial charge in [-0.1, -0.05) is 4.98 Å². The summed E-state index contributed by atoms with van der Waals surface area (Å²) < 4.78 is 4.46. The highest BCUT2D eigenvalue weighted by Gasteiger charge is 2.14. The second-order valence-corrected chi connectivity index (χ2v) is 5.07. The molecule has 0 aromatic carbocycles. The second-order valence-electron chi connectivity index (χ2n) is 5.07. The third kappa shape index (κ3) is 3.85. The molecule has 1 N–H and O–H groups in total. The molecule has 3 aromatic heterocycles. The number of hydrogen-bond donors (Lipinski definition) is 1. The van der Waals surface area contributed by atoms with Crippen LogP contribution in [0.1, 0.15) is 23.1 Å². The molecule has 1 amide bonds. The summed E-state index contributed by atoms with van der Waals surface area (Å²) in [6.07, 6.45) is 4.64. The fourth-order valence-corrected chi connectivity index (χ4v) is 2.08. The Balaban J connectivity index is 1.58. The predicted molar refractivity (Wildman–Crippen MR) is 83.4 cm³/mol. The number of carbonyl (C=O) groups excluding carboxylic acids is 1. The molecule has 3 aromatic rings. The molecule has 0 radical (unpaired) electrons. The first-order valence-electron chi connectivity index (χ1n) is 7.43. The lowest BCUT2D eigenvalue weighted by molar-refractivity contribution is -0.394.